The fourth-order valence-electron chi connectivity index (χ4n) is 2.53. The second kappa shape index (κ2) is 9.08. The molecule has 6 heteroatoms. The maximum atomic E-state index is 8.71. The van der Waals surface area contributed by atoms with Gasteiger partial charge >= 0.3 is 0 Å². The van der Waals surface area contributed by atoms with Crippen LogP contribution in [-0.2, 0) is 11.3 Å². The Kier molecular flexibility index (Phi) is 6.28. The topological polar surface area (TPSA) is 72.2 Å². The first-order valence-corrected chi connectivity index (χ1v) is 8.32. The van der Waals surface area contributed by atoms with Crippen LogP contribution in [-0.4, -0.2) is 46.2 Å². The van der Waals surface area contributed by atoms with Crippen LogP contribution < -0.4 is 5.32 Å². The van der Waals surface area contributed by atoms with Gasteiger partial charge in [-0.05, 0) is 24.3 Å². The molecule has 3 rings (SSSR count). The van der Waals surface area contributed by atoms with E-state index in [1.165, 1.54) is 0 Å². The molecule has 6 nitrogen and oxygen atoms in total. The molecule has 0 atom stereocenters. The molecular weight excluding hydrogens is 316 g/mol. The Hall–Kier alpha value is -2.54. The van der Waals surface area contributed by atoms with E-state index in [1.807, 2.05) is 59.5 Å². The van der Waals surface area contributed by atoms with E-state index in [0.717, 1.165) is 22.5 Å². The summed E-state index contributed by atoms with van der Waals surface area (Å²) in [5.41, 5.74) is 4.02. The summed E-state index contributed by atoms with van der Waals surface area (Å²) in [6.45, 7) is 2.38. The number of pyridine rings is 1. The van der Waals surface area contributed by atoms with Crippen LogP contribution in [0.25, 0.3) is 16.9 Å². The second-order valence-corrected chi connectivity index (χ2v) is 5.54. The fourth-order valence-corrected chi connectivity index (χ4v) is 2.53. The highest BCUT2D eigenvalue weighted by molar-refractivity contribution is 5.62. The smallest absolute Gasteiger partial charge is 0.0988 e. The average Bonchev–Trinajstić information content (AvgIpc) is 3.10. The van der Waals surface area contributed by atoms with E-state index in [1.54, 1.807) is 6.20 Å². The molecule has 25 heavy (non-hydrogen) atoms. The van der Waals surface area contributed by atoms with E-state index < -0.39 is 0 Å². The molecule has 0 bridgehead atoms. The van der Waals surface area contributed by atoms with Gasteiger partial charge < -0.3 is 15.2 Å². The van der Waals surface area contributed by atoms with Crippen molar-refractivity contribution in [2.24, 2.45) is 0 Å². The van der Waals surface area contributed by atoms with Gasteiger partial charge in [0.1, 0.15) is 0 Å². The van der Waals surface area contributed by atoms with E-state index >= 15 is 0 Å². The lowest BCUT2D eigenvalue weighted by Crippen LogP contribution is -2.20. The molecule has 2 aromatic heterocycles. The van der Waals surface area contributed by atoms with Gasteiger partial charge in [-0.1, -0.05) is 18.2 Å². The van der Waals surface area contributed by atoms with Crippen LogP contribution in [0.1, 0.15) is 5.56 Å². The highest BCUT2D eigenvalue weighted by atomic mass is 16.5. The number of benzene rings is 1. The summed E-state index contributed by atoms with van der Waals surface area (Å²) >= 11 is 0. The summed E-state index contributed by atoms with van der Waals surface area (Å²) in [6, 6.07) is 14.0. The Balaban J connectivity index is 1.76. The van der Waals surface area contributed by atoms with Gasteiger partial charge in [-0.15, -0.1) is 0 Å². The Morgan fingerprint density at radius 3 is 2.72 bits per heavy atom. The van der Waals surface area contributed by atoms with E-state index in [9.17, 15) is 0 Å². The first kappa shape index (κ1) is 17.3. The number of hydrogen-bond acceptors (Lipinski definition) is 5. The van der Waals surface area contributed by atoms with Crippen molar-refractivity contribution < 1.29 is 9.84 Å². The summed E-state index contributed by atoms with van der Waals surface area (Å²) in [7, 11) is 0. The molecule has 0 fully saturated rings. The Morgan fingerprint density at radius 1 is 1.08 bits per heavy atom. The van der Waals surface area contributed by atoms with Crippen LogP contribution in [0.2, 0.25) is 0 Å². The minimum absolute atomic E-state index is 0.0506. The molecule has 2 heterocycles. The van der Waals surface area contributed by atoms with E-state index in [0.29, 0.717) is 26.3 Å². The predicted molar refractivity (Wildman–Crippen MR) is 96.4 cm³/mol. The van der Waals surface area contributed by atoms with Crippen molar-refractivity contribution in [3.63, 3.8) is 0 Å². The molecule has 0 saturated carbocycles. The molecule has 0 amide bonds. The van der Waals surface area contributed by atoms with Crippen LogP contribution in [0.5, 0.6) is 0 Å². The number of aliphatic hydroxyl groups is 1. The van der Waals surface area contributed by atoms with Crippen LogP contribution in [0.15, 0.2) is 61.1 Å². The predicted octanol–water partition coefficient (Wildman–Crippen LogP) is 2.03. The molecule has 0 saturated heterocycles. The quantitative estimate of drug-likeness (QED) is 0.584. The van der Waals surface area contributed by atoms with Crippen LogP contribution in [0.3, 0.4) is 0 Å². The Labute approximate surface area is 147 Å². The minimum atomic E-state index is 0.0506. The zero-order valence-corrected chi connectivity index (χ0v) is 14.0. The van der Waals surface area contributed by atoms with E-state index in [-0.39, 0.29) is 6.61 Å². The summed E-state index contributed by atoms with van der Waals surface area (Å²) in [5, 5.41) is 16.8. The Bertz CT molecular complexity index is 760. The molecule has 1 aromatic carbocycles. The SMILES string of the molecule is OCCOCCNCc1cn(-c2ccccc2)nc1-c1cccnc1. The number of rotatable bonds is 9. The molecule has 0 spiro atoms. The van der Waals surface area contributed by atoms with Gasteiger partial charge in [-0.3, -0.25) is 4.98 Å². The largest absolute Gasteiger partial charge is 0.394 e. The lowest BCUT2D eigenvalue weighted by Gasteiger charge is -2.05. The van der Waals surface area contributed by atoms with Crippen molar-refractivity contribution in [2.45, 2.75) is 6.54 Å². The number of aliphatic hydroxyl groups excluding tert-OH is 1. The van der Waals surface area contributed by atoms with Gasteiger partial charge in [-0.2, -0.15) is 5.10 Å². The van der Waals surface area contributed by atoms with Crippen LogP contribution >= 0.6 is 0 Å². The molecule has 130 valence electrons. The Morgan fingerprint density at radius 2 is 1.96 bits per heavy atom. The van der Waals surface area contributed by atoms with Crippen molar-refractivity contribution in [1.29, 1.82) is 0 Å². The first-order chi connectivity index (χ1) is 12.4. The number of aromatic nitrogens is 3. The summed E-state index contributed by atoms with van der Waals surface area (Å²) in [6.07, 6.45) is 5.62. The summed E-state index contributed by atoms with van der Waals surface area (Å²) < 4.78 is 7.16. The molecule has 0 aliphatic heterocycles. The highest BCUT2D eigenvalue weighted by Crippen LogP contribution is 2.22. The molecule has 3 aromatic rings. The zero-order chi connectivity index (χ0) is 17.3. The average molecular weight is 338 g/mol. The lowest BCUT2D eigenvalue weighted by atomic mass is 10.1. The molecule has 2 N–H and O–H groups in total. The van der Waals surface area contributed by atoms with E-state index in [2.05, 4.69) is 10.3 Å². The molecule has 0 aliphatic carbocycles. The molecular formula is C19H22N4O2. The van der Waals surface area contributed by atoms with Crippen molar-refractivity contribution >= 4 is 0 Å². The highest BCUT2D eigenvalue weighted by Gasteiger charge is 2.12. The first-order valence-electron chi connectivity index (χ1n) is 8.32. The minimum Gasteiger partial charge on any atom is -0.394 e. The molecule has 0 aliphatic rings. The summed E-state index contributed by atoms with van der Waals surface area (Å²) in [5.74, 6) is 0. The maximum absolute atomic E-state index is 8.71. The van der Waals surface area contributed by atoms with Crippen molar-refractivity contribution in [2.75, 3.05) is 26.4 Å². The van der Waals surface area contributed by atoms with Crippen molar-refractivity contribution in [3.05, 3.63) is 66.6 Å². The second-order valence-electron chi connectivity index (χ2n) is 5.54. The molecule has 0 unspecified atom stereocenters. The normalized spacial score (nSPS) is 10.9. The van der Waals surface area contributed by atoms with Crippen LogP contribution in [0.4, 0.5) is 0 Å². The molecule has 0 radical (unpaired) electrons. The number of nitrogens with one attached hydrogen (secondary N) is 1. The van der Waals surface area contributed by atoms with Gasteiger partial charge in [-0.25, -0.2) is 4.68 Å². The number of para-hydroxylation sites is 1. The van der Waals surface area contributed by atoms with Gasteiger partial charge in [0.05, 0.1) is 31.2 Å². The standard InChI is InChI=1S/C19H22N4O2/c24-10-12-25-11-9-21-14-17-15-23(18-6-2-1-3-7-18)22-19(17)16-5-4-8-20-13-16/h1-8,13,15,21,24H,9-12,14H2. The van der Waals surface area contributed by atoms with Crippen molar-refractivity contribution in [3.8, 4) is 16.9 Å². The maximum Gasteiger partial charge on any atom is 0.0988 e. The third-order valence-corrected chi connectivity index (χ3v) is 3.72. The monoisotopic (exact) mass is 338 g/mol. The van der Waals surface area contributed by atoms with Crippen LogP contribution in [0, 0.1) is 0 Å². The van der Waals surface area contributed by atoms with Gasteiger partial charge in [0.25, 0.3) is 0 Å². The van der Waals surface area contributed by atoms with E-state index in [4.69, 9.17) is 14.9 Å². The third kappa shape index (κ3) is 4.73. The van der Waals surface area contributed by atoms with Gasteiger partial charge in [0.2, 0.25) is 0 Å². The number of hydrogen-bond donors (Lipinski definition) is 2. The zero-order valence-electron chi connectivity index (χ0n) is 14.0. The summed E-state index contributed by atoms with van der Waals surface area (Å²) in [4.78, 5) is 4.20. The van der Waals surface area contributed by atoms with Gasteiger partial charge in [0.15, 0.2) is 0 Å². The fraction of sp³-hybridized carbons (Fsp3) is 0.263. The number of nitrogens with zero attached hydrogens (tertiary/aromatic N) is 3. The third-order valence-electron chi connectivity index (χ3n) is 3.72. The van der Waals surface area contributed by atoms with Gasteiger partial charge in [0, 0.05) is 42.8 Å². The number of ether oxygens (including phenoxy) is 1. The van der Waals surface area contributed by atoms with Crippen molar-refractivity contribution in [1.82, 2.24) is 20.1 Å². The lowest BCUT2D eigenvalue weighted by molar-refractivity contribution is 0.0938.